The molecule has 3 aromatic carbocycles. The van der Waals surface area contributed by atoms with Gasteiger partial charge in [-0.05, 0) is 53.6 Å². The molecular formula is C26H24ClNO2. The van der Waals surface area contributed by atoms with Crippen molar-refractivity contribution < 1.29 is 9.53 Å². The van der Waals surface area contributed by atoms with Crippen LogP contribution in [-0.4, -0.2) is 24.5 Å². The van der Waals surface area contributed by atoms with Gasteiger partial charge in [0.15, 0.2) is 0 Å². The summed E-state index contributed by atoms with van der Waals surface area (Å²) in [6.45, 7) is 0.703. The van der Waals surface area contributed by atoms with E-state index in [0.717, 1.165) is 29.7 Å². The number of halogens is 1. The Morgan fingerprint density at radius 3 is 2.57 bits per heavy atom. The minimum absolute atomic E-state index is 0.0466. The maximum absolute atomic E-state index is 13.7. The fourth-order valence-corrected chi connectivity index (χ4v) is 4.99. The average Bonchev–Trinajstić information content (AvgIpc) is 3.59. The van der Waals surface area contributed by atoms with Crippen molar-refractivity contribution in [2.75, 3.05) is 13.7 Å². The summed E-state index contributed by atoms with van der Waals surface area (Å²) in [5.41, 5.74) is 4.64. The number of carbonyl (C=O) groups is 1. The van der Waals surface area contributed by atoms with Crippen molar-refractivity contribution in [3.63, 3.8) is 0 Å². The van der Waals surface area contributed by atoms with Crippen LogP contribution in [0.15, 0.2) is 72.8 Å². The molecule has 0 saturated heterocycles. The zero-order chi connectivity index (χ0) is 20.7. The zero-order valence-electron chi connectivity index (χ0n) is 16.9. The molecule has 1 aliphatic heterocycles. The van der Waals surface area contributed by atoms with Gasteiger partial charge in [0.2, 0.25) is 5.91 Å². The van der Waals surface area contributed by atoms with Gasteiger partial charge in [0.1, 0.15) is 5.75 Å². The van der Waals surface area contributed by atoms with E-state index in [-0.39, 0.29) is 17.9 Å². The molecule has 3 aromatic rings. The molecule has 5 rings (SSSR count). The molecular weight excluding hydrogens is 394 g/mol. The molecule has 3 nitrogen and oxygen atoms in total. The molecule has 1 heterocycles. The fourth-order valence-electron chi connectivity index (χ4n) is 4.81. The third kappa shape index (κ3) is 3.37. The largest absolute Gasteiger partial charge is 0.496 e. The second-order valence-electron chi connectivity index (χ2n) is 8.13. The molecule has 152 valence electrons. The van der Waals surface area contributed by atoms with Crippen LogP contribution >= 0.6 is 11.6 Å². The van der Waals surface area contributed by atoms with Crippen LogP contribution in [0.5, 0.6) is 5.75 Å². The quantitative estimate of drug-likeness (QED) is 0.550. The predicted octanol–water partition coefficient (Wildman–Crippen LogP) is 5.63. The zero-order valence-corrected chi connectivity index (χ0v) is 17.7. The topological polar surface area (TPSA) is 29.5 Å². The Morgan fingerprint density at radius 1 is 1.00 bits per heavy atom. The first-order valence-corrected chi connectivity index (χ1v) is 10.8. The second-order valence-corrected chi connectivity index (χ2v) is 8.57. The van der Waals surface area contributed by atoms with Crippen molar-refractivity contribution in [2.24, 2.45) is 5.92 Å². The summed E-state index contributed by atoms with van der Waals surface area (Å²) in [6, 6.07) is 24.2. The van der Waals surface area contributed by atoms with Crippen molar-refractivity contribution in [1.29, 1.82) is 0 Å². The summed E-state index contributed by atoms with van der Waals surface area (Å²) < 4.78 is 5.67. The van der Waals surface area contributed by atoms with E-state index >= 15 is 0 Å². The molecule has 1 fully saturated rings. The van der Waals surface area contributed by atoms with Gasteiger partial charge in [-0.15, -0.1) is 0 Å². The minimum atomic E-state index is -0.187. The van der Waals surface area contributed by atoms with E-state index in [1.807, 2.05) is 47.4 Å². The van der Waals surface area contributed by atoms with Crippen LogP contribution in [0.1, 0.15) is 40.6 Å². The van der Waals surface area contributed by atoms with Crippen LogP contribution in [0, 0.1) is 5.92 Å². The van der Waals surface area contributed by atoms with Crippen molar-refractivity contribution >= 4 is 17.5 Å². The number of methoxy groups -OCH3 is 1. The number of ether oxygens (including phenoxy) is 1. The standard InChI is InChI=1S/C26H24ClNO2/c1-30-24-12-11-19(27)15-23(24)25-20-10-6-5-9-18(20)13-14-28(25)26(29)22-16-21(22)17-7-3-2-4-8-17/h2-12,15,21-22,25H,13-14,16H2,1H3/t21-,22?,25+/m1/s1. The van der Waals surface area contributed by atoms with Gasteiger partial charge in [-0.3, -0.25) is 4.79 Å². The smallest absolute Gasteiger partial charge is 0.227 e. The lowest BCUT2D eigenvalue weighted by Gasteiger charge is -2.38. The molecule has 30 heavy (non-hydrogen) atoms. The number of benzene rings is 3. The van der Waals surface area contributed by atoms with Gasteiger partial charge in [-0.1, -0.05) is 66.2 Å². The van der Waals surface area contributed by atoms with Crippen LogP contribution in [0.3, 0.4) is 0 Å². The van der Waals surface area contributed by atoms with E-state index in [1.165, 1.54) is 11.1 Å². The van der Waals surface area contributed by atoms with Gasteiger partial charge in [0, 0.05) is 23.0 Å². The lowest BCUT2D eigenvalue weighted by atomic mass is 9.87. The fraction of sp³-hybridized carbons (Fsp3) is 0.269. The molecule has 0 N–H and O–H groups in total. The van der Waals surface area contributed by atoms with Crippen molar-refractivity contribution in [3.05, 3.63) is 100 Å². The summed E-state index contributed by atoms with van der Waals surface area (Å²) in [4.78, 5) is 15.7. The first-order chi connectivity index (χ1) is 14.7. The number of hydrogen-bond acceptors (Lipinski definition) is 2. The third-order valence-corrected chi connectivity index (χ3v) is 6.62. The monoisotopic (exact) mass is 417 g/mol. The Morgan fingerprint density at radius 2 is 1.77 bits per heavy atom. The summed E-state index contributed by atoms with van der Waals surface area (Å²) in [5.74, 6) is 1.35. The molecule has 1 aliphatic carbocycles. The molecule has 0 spiro atoms. The summed E-state index contributed by atoms with van der Waals surface area (Å²) in [5, 5.41) is 0.648. The highest BCUT2D eigenvalue weighted by molar-refractivity contribution is 6.30. The summed E-state index contributed by atoms with van der Waals surface area (Å²) in [6.07, 6.45) is 1.78. The molecule has 0 radical (unpaired) electrons. The number of nitrogens with zero attached hydrogens (tertiary/aromatic N) is 1. The Kier molecular flexibility index (Phi) is 5.00. The highest BCUT2D eigenvalue weighted by Gasteiger charge is 2.48. The van der Waals surface area contributed by atoms with Gasteiger partial charge in [0.05, 0.1) is 13.2 Å². The number of rotatable bonds is 4. The number of fused-ring (bicyclic) bond motifs is 1. The van der Waals surface area contributed by atoms with Gasteiger partial charge in [-0.2, -0.15) is 0 Å². The van der Waals surface area contributed by atoms with Crippen LogP contribution in [0.25, 0.3) is 0 Å². The van der Waals surface area contributed by atoms with Gasteiger partial charge >= 0.3 is 0 Å². The minimum Gasteiger partial charge on any atom is -0.496 e. The molecule has 4 heteroatoms. The molecule has 1 saturated carbocycles. The highest BCUT2D eigenvalue weighted by atomic mass is 35.5. The molecule has 3 atom stereocenters. The number of carbonyl (C=O) groups excluding carboxylic acids is 1. The Hall–Kier alpha value is -2.78. The lowest BCUT2D eigenvalue weighted by Crippen LogP contribution is -2.41. The van der Waals surface area contributed by atoms with Crippen molar-refractivity contribution in [2.45, 2.75) is 24.8 Å². The average molecular weight is 418 g/mol. The molecule has 2 aliphatic rings. The lowest BCUT2D eigenvalue weighted by molar-refractivity contribution is -0.134. The van der Waals surface area contributed by atoms with E-state index in [9.17, 15) is 4.79 Å². The van der Waals surface area contributed by atoms with Crippen LogP contribution in [0.2, 0.25) is 5.02 Å². The van der Waals surface area contributed by atoms with Gasteiger partial charge < -0.3 is 9.64 Å². The first-order valence-electron chi connectivity index (χ1n) is 10.4. The van der Waals surface area contributed by atoms with Crippen LogP contribution in [0.4, 0.5) is 0 Å². The molecule has 0 aromatic heterocycles. The normalized spacial score (nSPS) is 22.3. The van der Waals surface area contributed by atoms with Crippen LogP contribution in [-0.2, 0) is 11.2 Å². The molecule has 1 amide bonds. The van der Waals surface area contributed by atoms with E-state index in [1.54, 1.807) is 7.11 Å². The maximum atomic E-state index is 13.7. The second kappa shape index (κ2) is 7.81. The molecule has 0 bridgehead atoms. The van der Waals surface area contributed by atoms with Gasteiger partial charge in [-0.25, -0.2) is 0 Å². The van der Waals surface area contributed by atoms with Gasteiger partial charge in [0.25, 0.3) is 0 Å². The van der Waals surface area contributed by atoms with E-state index in [0.29, 0.717) is 17.5 Å². The van der Waals surface area contributed by atoms with Crippen LogP contribution < -0.4 is 4.74 Å². The predicted molar refractivity (Wildman–Crippen MR) is 119 cm³/mol. The van der Waals surface area contributed by atoms with Crippen molar-refractivity contribution in [3.8, 4) is 5.75 Å². The highest BCUT2D eigenvalue weighted by Crippen LogP contribution is 2.50. The van der Waals surface area contributed by atoms with E-state index < -0.39 is 0 Å². The SMILES string of the molecule is COc1ccc(Cl)cc1[C@@H]1c2ccccc2CCN1C(=O)C1C[C@@H]1c1ccccc1. The maximum Gasteiger partial charge on any atom is 0.227 e. The van der Waals surface area contributed by atoms with Crippen molar-refractivity contribution in [1.82, 2.24) is 4.90 Å². The van der Waals surface area contributed by atoms with E-state index in [2.05, 4.69) is 30.3 Å². The number of hydrogen-bond donors (Lipinski definition) is 0. The Bertz CT molecular complexity index is 1080. The number of amides is 1. The summed E-state index contributed by atoms with van der Waals surface area (Å²) >= 11 is 6.37. The summed E-state index contributed by atoms with van der Waals surface area (Å²) in [7, 11) is 1.67. The molecule has 1 unspecified atom stereocenters. The third-order valence-electron chi connectivity index (χ3n) is 6.39. The first kappa shape index (κ1) is 19.2. The Balaban J connectivity index is 1.53. The van der Waals surface area contributed by atoms with E-state index in [4.69, 9.17) is 16.3 Å². The Labute approximate surface area is 182 Å².